The molecule has 36 heavy (non-hydrogen) atoms. The van der Waals surface area contributed by atoms with E-state index in [0.29, 0.717) is 19.1 Å². The van der Waals surface area contributed by atoms with Gasteiger partial charge < -0.3 is 13.9 Å². The zero-order valence-corrected chi connectivity index (χ0v) is 23.6. The van der Waals surface area contributed by atoms with E-state index < -0.39 is 8.32 Å². The van der Waals surface area contributed by atoms with Gasteiger partial charge in [0.1, 0.15) is 5.75 Å². The summed E-state index contributed by atoms with van der Waals surface area (Å²) in [4.78, 5) is 0. The van der Waals surface area contributed by atoms with Crippen molar-refractivity contribution in [2.24, 2.45) is 5.92 Å². The third-order valence-electron chi connectivity index (χ3n) is 6.52. The Morgan fingerprint density at radius 2 is 1.42 bits per heavy atom. The third-order valence-corrected chi connectivity index (χ3v) is 11.6. The summed E-state index contributed by atoms with van der Waals surface area (Å²) < 4.78 is 18.1. The van der Waals surface area contributed by atoms with Crippen LogP contribution in [0.5, 0.6) is 5.75 Å². The molecule has 0 N–H and O–H groups in total. The lowest BCUT2D eigenvalue weighted by Crippen LogP contribution is -2.66. The SMILES string of the molecule is COc1ccc(COC[C@@H](C)/C=C\CCCO[Si](c2ccccc2)(c2ccccc2)C(C)(C)C)cc1. The van der Waals surface area contributed by atoms with Crippen molar-refractivity contribution in [1.29, 1.82) is 0 Å². The first-order valence-electron chi connectivity index (χ1n) is 13.0. The summed E-state index contributed by atoms with van der Waals surface area (Å²) in [5.74, 6) is 1.25. The molecular formula is C32H42O3Si. The van der Waals surface area contributed by atoms with E-state index in [2.05, 4.69) is 101 Å². The average Bonchev–Trinajstić information content (AvgIpc) is 2.89. The number of allylic oxidation sites excluding steroid dienone is 1. The second kappa shape index (κ2) is 13.6. The van der Waals surface area contributed by atoms with Gasteiger partial charge in [-0.2, -0.15) is 0 Å². The standard InChI is InChI=1S/C32H42O3Si/c1-27(25-34-26-28-20-22-29(33-5)23-21-28)15-9-8-14-24-35-36(32(2,3)4,30-16-10-6-11-17-30)31-18-12-7-13-19-31/h6-7,9-13,15-23,27H,8,14,24-26H2,1-5H3/b15-9-/t27-/m0/s1. The minimum absolute atomic E-state index is 0.0152. The van der Waals surface area contributed by atoms with Crippen molar-refractivity contribution in [2.75, 3.05) is 20.3 Å². The minimum Gasteiger partial charge on any atom is -0.497 e. The first-order valence-corrected chi connectivity index (χ1v) is 14.9. The van der Waals surface area contributed by atoms with Crippen molar-refractivity contribution in [3.8, 4) is 5.75 Å². The Bertz CT molecular complexity index is 1000. The van der Waals surface area contributed by atoms with Crippen LogP contribution in [0, 0.1) is 5.92 Å². The molecule has 0 saturated carbocycles. The fourth-order valence-corrected chi connectivity index (χ4v) is 9.26. The number of methoxy groups -OCH3 is 1. The van der Waals surface area contributed by atoms with Crippen LogP contribution in [0.15, 0.2) is 97.1 Å². The Balaban J connectivity index is 1.52. The Morgan fingerprint density at radius 3 is 1.94 bits per heavy atom. The first kappa shape index (κ1) is 27.9. The van der Waals surface area contributed by atoms with Crippen molar-refractivity contribution >= 4 is 18.7 Å². The molecule has 0 aliphatic carbocycles. The molecule has 0 unspecified atom stereocenters. The highest BCUT2D eigenvalue weighted by Crippen LogP contribution is 2.36. The van der Waals surface area contributed by atoms with Gasteiger partial charge in [-0.3, -0.25) is 0 Å². The molecule has 0 bridgehead atoms. The van der Waals surface area contributed by atoms with Gasteiger partial charge in [0.15, 0.2) is 0 Å². The number of hydrogen-bond acceptors (Lipinski definition) is 3. The third kappa shape index (κ3) is 7.42. The van der Waals surface area contributed by atoms with Crippen LogP contribution in [0.2, 0.25) is 5.04 Å². The van der Waals surface area contributed by atoms with Crippen molar-refractivity contribution in [3.63, 3.8) is 0 Å². The normalized spacial score (nSPS) is 13.1. The van der Waals surface area contributed by atoms with Gasteiger partial charge in [0.05, 0.1) is 20.3 Å². The summed E-state index contributed by atoms with van der Waals surface area (Å²) in [6.45, 7) is 11.3. The summed E-state index contributed by atoms with van der Waals surface area (Å²) >= 11 is 0. The number of unbranched alkanes of at least 4 members (excludes halogenated alkanes) is 1. The highest BCUT2D eigenvalue weighted by molar-refractivity contribution is 6.99. The van der Waals surface area contributed by atoms with Crippen LogP contribution < -0.4 is 15.1 Å². The van der Waals surface area contributed by atoms with Gasteiger partial charge in [-0.05, 0) is 51.9 Å². The largest absolute Gasteiger partial charge is 0.497 e. The molecule has 0 heterocycles. The molecule has 3 nitrogen and oxygen atoms in total. The maximum absolute atomic E-state index is 6.98. The van der Waals surface area contributed by atoms with Crippen molar-refractivity contribution in [2.45, 2.75) is 52.2 Å². The number of hydrogen-bond donors (Lipinski definition) is 0. The van der Waals surface area contributed by atoms with Crippen LogP contribution in [-0.4, -0.2) is 28.6 Å². The lowest BCUT2D eigenvalue weighted by molar-refractivity contribution is 0.104. The van der Waals surface area contributed by atoms with E-state index in [-0.39, 0.29) is 5.04 Å². The Morgan fingerprint density at radius 1 is 0.833 bits per heavy atom. The zero-order valence-electron chi connectivity index (χ0n) is 22.6. The average molecular weight is 503 g/mol. The molecule has 4 heteroatoms. The molecule has 3 rings (SSSR count). The molecule has 0 fully saturated rings. The molecule has 0 aliphatic heterocycles. The quantitative estimate of drug-likeness (QED) is 0.147. The lowest BCUT2D eigenvalue weighted by Gasteiger charge is -2.43. The smallest absolute Gasteiger partial charge is 0.261 e. The number of benzene rings is 3. The highest BCUT2D eigenvalue weighted by Gasteiger charge is 2.49. The van der Waals surface area contributed by atoms with Gasteiger partial charge in [-0.1, -0.05) is 113 Å². The molecule has 0 saturated heterocycles. The molecule has 0 aliphatic rings. The van der Waals surface area contributed by atoms with Gasteiger partial charge in [-0.25, -0.2) is 0 Å². The molecule has 1 atom stereocenters. The van der Waals surface area contributed by atoms with Crippen LogP contribution in [0.3, 0.4) is 0 Å². The van der Waals surface area contributed by atoms with Gasteiger partial charge in [0.25, 0.3) is 8.32 Å². The Kier molecular flexibility index (Phi) is 10.5. The van der Waals surface area contributed by atoms with E-state index >= 15 is 0 Å². The van der Waals surface area contributed by atoms with E-state index in [4.69, 9.17) is 13.9 Å². The zero-order chi connectivity index (χ0) is 25.9. The fourth-order valence-electron chi connectivity index (χ4n) is 4.66. The summed E-state index contributed by atoms with van der Waals surface area (Å²) in [7, 11) is -0.758. The molecule has 3 aromatic rings. The monoisotopic (exact) mass is 502 g/mol. The molecule has 0 radical (unpaired) electrons. The predicted molar refractivity (Wildman–Crippen MR) is 154 cm³/mol. The van der Waals surface area contributed by atoms with Gasteiger partial charge >= 0.3 is 0 Å². The molecule has 3 aromatic carbocycles. The maximum atomic E-state index is 6.98. The van der Waals surface area contributed by atoms with Gasteiger partial charge in [0.2, 0.25) is 0 Å². The minimum atomic E-state index is -2.44. The van der Waals surface area contributed by atoms with E-state index in [1.165, 1.54) is 10.4 Å². The molecule has 0 aromatic heterocycles. The van der Waals surface area contributed by atoms with Gasteiger partial charge in [0, 0.05) is 6.61 Å². The number of rotatable bonds is 13. The topological polar surface area (TPSA) is 27.7 Å². The highest BCUT2D eigenvalue weighted by atomic mass is 28.4. The van der Waals surface area contributed by atoms with Crippen molar-refractivity contribution in [1.82, 2.24) is 0 Å². The summed E-state index contributed by atoms with van der Waals surface area (Å²) in [5.41, 5.74) is 1.16. The van der Waals surface area contributed by atoms with E-state index in [1.807, 2.05) is 24.3 Å². The lowest BCUT2D eigenvalue weighted by atomic mass is 10.1. The summed E-state index contributed by atoms with van der Waals surface area (Å²) in [6.07, 6.45) is 6.54. The maximum Gasteiger partial charge on any atom is 0.261 e. The van der Waals surface area contributed by atoms with Crippen LogP contribution in [0.25, 0.3) is 0 Å². The second-order valence-electron chi connectivity index (χ2n) is 10.4. The van der Waals surface area contributed by atoms with Crippen molar-refractivity contribution in [3.05, 3.63) is 103 Å². The molecule has 0 amide bonds. The van der Waals surface area contributed by atoms with Crippen LogP contribution in [0.1, 0.15) is 46.1 Å². The Hall–Kier alpha value is -2.66. The molecule has 192 valence electrons. The Labute approximate surface area is 219 Å². The fraction of sp³-hybridized carbons (Fsp3) is 0.375. The van der Waals surface area contributed by atoms with E-state index in [0.717, 1.165) is 30.8 Å². The summed E-state index contributed by atoms with van der Waals surface area (Å²) in [5, 5.41) is 2.69. The van der Waals surface area contributed by atoms with Crippen molar-refractivity contribution < 1.29 is 13.9 Å². The first-order chi connectivity index (χ1) is 17.4. The number of ether oxygens (including phenoxy) is 2. The molecule has 0 spiro atoms. The van der Waals surface area contributed by atoms with Crippen LogP contribution >= 0.6 is 0 Å². The van der Waals surface area contributed by atoms with E-state index in [1.54, 1.807) is 7.11 Å². The predicted octanol–water partition coefficient (Wildman–Crippen LogP) is 6.76. The van der Waals surface area contributed by atoms with Gasteiger partial charge in [-0.15, -0.1) is 0 Å². The summed E-state index contributed by atoms with van der Waals surface area (Å²) in [6, 6.07) is 29.7. The molecular weight excluding hydrogens is 460 g/mol. The van der Waals surface area contributed by atoms with Crippen LogP contribution in [-0.2, 0) is 15.8 Å². The van der Waals surface area contributed by atoms with Crippen LogP contribution in [0.4, 0.5) is 0 Å². The van der Waals surface area contributed by atoms with E-state index in [9.17, 15) is 0 Å². The second-order valence-corrected chi connectivity index (χ2v) is 14.7.